The van der Waals surface area contributed by atoms with Crippen LogP contribution in [0.1, 0.15) is 29.9 Å². The zero-order valence-corrected chi connectivity index (χ0v) is 8.33. The van der Waals surface area contributed by atoms with Gasteiger partial charge in [-0.1, -0.05) is 6.07 Å². The van der Waals surface area contributed by atoms with Crippen molar-refractivity contribution < 1.29 is 10.2 Å². The molecule has 15 heavy (non-hydrogen) atoms. The summed E-state index contributed by atoms with van der Waals surface area (Å²) in [5, 5.41) is 26.5. The van der Waals surface area contributed by atoms with Gasteiger partial charge in [0.05, 0.1) is 5.84 Å². The number of fused-ring (bicyclic) bond motifs is 1. The van der Waals surface area contributed by atoms with Crippen LogP contribution in [0.15, 0.2) is 12.1 Å². The summed E-state index contributed by atoms with van der Waals surface area (Å²) in [7, 11) is 0. The van der Waals surface area contributed by atoms with E-state index >= 15 is 0 Å². The Bertz CT molecular complexity index is 415. The summed E-state index contributed by atoms with van der Waals surface area (Å²) >= 11 is 0. The Kier molecular flexibility index (Phi) is 2.26. The minimum atomic E-state index is -0.111. The van der Waals surface area contributed by atoms with Crippen LogP contribution in [0.2, 0.25) is 0 Å². The van der Waals surface area contributed by atoms with Crippen molar-refractivity contribution in [2.45, 2.75) is 25.2 Å². The number of rotatable bonds is 1. The van der Waals surface area contributed by atoms with Crippen molar-refractivity contribution in [2.75, 3.05) is 0 Å². The van der Waals surface area contributed by atoms with Gasteiger partial charge in [-0.15, -0.1) is 0 Å². The van der Waals surface area contributed by atoms with Crippen molar-refractivity contribution >= 4 is 5.84 Å². The van der Waals surface area contributed by atoms with E-state index in [0.717, 1.165) is 30.4 Å². The lowest BCUT2D eigenvalue weighted by Gasteiger charge is -2.25. The first-order chi connectivity index (χ1) is 7.11. The molecule has 0 bridgehead atoms. The summed E-state index contributed by atoms with van der Waals surface area (Å²) in [4.78, 5) is 0. The Labute approximate surface area is 87.9 Å². The van der Waals surface area contributed by atoms with Gasteiger partial charge >= 0.3 is 0 Å². The first kappa shape index (κ1) is 9.83. The van der Waals surface area contributed by atoms with Crippen molar-refractivity contribution in [3.8, 4) is 11.5 Å². The topological polar surface area (TPSA) is 90.3 Å². The summed E-state index contributed by atoms with van der Waals surface area (Å²) in [5.74, 6) is -0.141. The van der Waals surface area contributed by atoms with Crippen LogP contribution in [0.5, 0.6) is 11.5 Å². The van der Waals surface area contributed by atoms with Crippen LogP contribution in [-0.4, -0.2) is 16.0 Å². The van der Waals surface area contributed by atoms with Crippen LogP contribution in [0.4, 0.5) is 0 Å². The fourth-order valence-corrected chi connectivity index (χ4v) is 2.19. The average molecular weight is 206 g/mol. The monoisotopic (exact) mass is 206 g/mol. The van der Waals surface area contributed by atoms with E-state index in [1.807, 2.05) is 0 Å². The van der Waals surface area contributed by atoms with Gasteiger partial charge in [0.25, 0.3) is 0 Å². The lowest BCUT2D eigenvalue weighted by atomic mass is 9.81. The maximum absolute atomic E-state index is 9.68. The molecule has 0 heterocycles. The van der Waals surface area contributed by atoms with Crippen LogP contribution in [0.3, 0.4) is 0 Å². The summed E-state index contributed by atoms with van der Waals surface area (Å²) in [6, 6.07) is 3.20. The Morgan fingerprint density at radius 1 is 1.40 bits per heavy atom. The second-order valence-electron chi connectivity index (χ2n) is 3.90. The molecule has 0 fully saturated rings. The van der Waals surface area contributed by atoms with Crippen LogP contribution < -0.4 is 5.73 Å². The first-order valence-electron chi connectivity index (χ1n) is 4.99. The molecule has 1 aliphatic rings. The molecule has 1 atom stereocenters. The number of phenolic OH excluding ortho intramolecular Hbond substituents is 2. The second kappa shape index (κ2) is 3.46. The van der Waals surface area contributed by atoms with Gasteiger partial charge in [0, 0.05) is 11.5 Å². The van der Waals surface area contributed by atoms with Crippen molar-refractivity contribution in [1.82, 2.24) is 0 Å². The molecule has 1 aromatic rings. The van der Waals surface area contributed by atoms with Gasteiger partial charge in [0.15, 0.2) is 11.5 Å². The lowest BCUT2D eigenvalue weighted by molar-refractivity contribution is 0.395. The number of amidine groups is 1. The SMILES string of the molecule is N=C(N)[C@@H]1CCCc2c1ccc(O)c2O. The molecular weight excluding hydrogens is 192 g/mol. The molecule has 5 N–H and O–H groups in total. The Morgan fingerprint density at radius 2 is 2.13 bits per heavy atom. The Morgan fingerprint density at radius 3 is 2.80 bits per heavy atom. The van der Waals surface area contributed by atoms with Crippen molar-refractivity contribution in [3.05, 3.63) is 23.3 Å². The highest BCUT2D eigenvalue weighted by molar-refractivity contribution is 5.85. The zero-order valence-electron chi connectivity index (χ0n) is 8.33. The molecule has 1 aliphatic carbocycles. The summed E-state index contributed by atoms with van der Waals surface area (Å²) in [6.45, 7) is 0. The largest absolute Gasteiger partial charge is 0.504 e. The number of benzene rings is 1. The molecule has 0 amide bonds. The molecule has 0 aromatic heterocycles. The molecule has 0 unspecified atom stereocenters. The molecule has 80 valence electrons. The van der Waals surface area contributed by atoms with Crippen LogP contribution in [-0.2, 0) is 6.42 Å². The van der Waals surface area contributed by atoms with E-state index in [1.165, 1.54) is 6.07 Å². The number of nitrogens with one attached hydrogen (secondary N) is 1. The molecule has 4 heteroatoms. The number of phenols is 2. The standard InChI is InChI=1S/C11H14N2O2/c12-11(13)8-3-1-2-7-6(8)4-5-9(14)10(7)15/h4-5,8,14-15H,1-3H2,(H3,12,13)/t8-/m1/s1. The van der Waals surface area contributed by atoms with E-state index < -0.39 is 0 Å². The van der Waals surface area contributed by atoms with Crippen molar-refractivity contribution in [1.29, 1.82) is 5.41 Å². The Hall–Kier alpha value is -1.71. The van der Waals surface area contributed by atoms with E-state index in [2.05, 4.69) is 0 Å². The molecule has 0 saturated heterocycles. The molecule has 4 nitrogen and oxygen atoms in total. The maximum atomic E-state index is 9.68. The van der Waals surface area contributed by atoms with Gasteiger partial charge in [-0.05, 0) is 30.9 Å². The Balaban J connectivity index is 2.54. The van der Waals surface area contributed by atoms with Gasteiger partial charge in [0.1, 0.15) is 0 Å². The van der Waals surface area contributed by atoms with E-state index in [1.54, 1.807) is 6.07 Å². The number of aromatic hydroxyl groups is 2. The quantitative estimate of drug-likeness (QED) is 0.318. The number of hydrogen-bond acceptors (Lipinski definition) is 3. The van der Waals surface area contributed by atoms with E-state index in [-0.39, 0.29) is 23.3 Å². The average Bonchev–Trinajstić information content (AvgIpc) is 2.23. The van der Waals surface area contributed by atoms with Crippen LogP contribution >= 0.6 is 0 Å². The third kappa shape index (κ3) is 1.52. The molecule has 0 aliphatic heterocycles. The lowest BCUT2D eigenvalue weighted by Crippen LogP contribution is -2.24. The summed E-state index contributed by atoms with van der Waals surface area (Å²) in [5.41, 5.74) is 7.13. The maximum Gasteiger partial charge on any atom is 0.160 e. The molecule has 0 radical (unpaired) electrons. The fourth-order valence-electron chi connectivity index (χ4n) is 2.19. The molecule has 2 rings (SSSR count). The zero-order chi connectivity index (χ0) is 11.0. The van der Waals surface area contributed by atoms with Crippen LogP contribution in [0, 0.1) is 5.41 Å². The minimum absolute atomic E-state index is 0.0570. The van der Waals surface area contributed by atoms with E-state index in [4.69, 9.17) is 11.1 Å². The predicted octanol–water partition coefficient (Wildman–Crippen LogP) is 1.45. The van der Waals surface area contributed by atoms with Gasteiger partial charge < -0.3 is 15.9 Å². The van der Waals surface area contributed by atoms with Crippen molar-refractivity contribution in [3.63, 3.8) is 0 Å². The smallest absolute Gasteiger partial charge is 0.160 e. The number of hydrogen-bond donors (Lipinski definition) is 4. The highest BCUT2D eigenvalue weighted by atomic mass is 16.3. The molecule has 0 spiro atoms. The minimum Gasteiger partial charge on any atom is -0.504 e. The highest BCUT2D eigenvalue weighted by Gasteiger charge is 2.25. The van der Waals surface area contributed by atoms with Crippen molar-refractivity contribution in [2.24, 2.45) is 5.73 Å². The second-order valence-corrected chi connectivity index (χ2v) is 3.90. The van der Waals surface area contributed by atoms with Gasteiger partial charge in [-0.2, -0.15) is 0 Å². The molecular formula is C11H14N2O2. The van der Waals surface area contributed by atoms with Gasteiger partial charge in [0.2, 0.25) is 0 Å². The third-order valence-electron chi connectivity index (χ3n) is 2.97. The third-order valence-corrected chi connectivity index (χ3v) is 2.97. The normalized spacial score (nSPS) is 19.6. The van der Waals surface area contributed by atoms with E-state index in [0.29, 0.717) is 0 Å². The van der Waals surface area contributed by atoms with Gasteiger partial charge in [-0.25, -0.2) is 0 Å². The van der Waals surface area contributed by atoms with Gasteiger partial charge in [-0.3, -0.25) is 5.41 Å². The molecule has 0 saturated carbocycles. The summed E-state index contributed by atoms with van der Waals surface area (Å²) in [6.07, 6.45) is 2.46. The highest BCUT2D eigenvalue weighted by Crippen LogP contribution is 2.40. The summed E-state index contributed by atoms with van der Waals surface area (Å²) < 4.78 is 0. The predicted molar refractivity (Wildman–Crippen MR) is 57.4 cm³/mol. The fraction of sp³-hybridized carbons (Fsp3) is 0.364. The number of nitrogens with two attached hydrogens (primary N) is 1. The van der Waals surface area contributed by atoms with E-state index in [9.17, 15) is 10.2 Å². The van der Waals surface area contributed by atoms with Crippen LogP contribution in [0.25, 0.3) is 0 Å². The first-order valence-corrected chi connectivity index (χ1v) is 4.99. The molecule has 1 aromatic carbocycles.